The van der Waals surface area contributed by atoms with Gasteiger partial charge in [-0.1, -0.05) is 23.7 Å². The molecule has 10 nitrogen and oxygen atoms in total. The van der Waals surface area contributed by atoms with Crippen molar-refractivity contribution in [1.82, 2.24) is 25.0 Å². The summed E-state index contributed by atoms with van der Waals surface area (Å²) < 4.78 is 25.4. The zero-order chi connectivity index (χ0) is 29.4. The Balaban J connectivity index is 1.29. The molecule has 2 atom stereocenters. The number of thiocarbonyl (C=S) groups is 1. The number of rotatable bonds is 10. The second kappa shape index (κ2) is 11.9. The van der Waals surface area contributed by atoms with Gasteiger partial charge in [0, 0.05) is 55.6 Å². The number of carbonyl (C=O) groups excluding carboxylic acids is 2. The lowest BCUT2D eigenvalue weighted by Crippen LogP contribution is -2.53. The molecule has 14 heteroatoms. The Bertz CT molecular complexity index is 1450. The minimum Gasteiger partial charge on any atom is -0.463 e. The van der Waals surface area contributed by atoms with Gasteiger partial charge in [-0.05, 0) is 38.0 Å². The molecule has 0 unspecified atom stereocenters. The van der Waals surface area contributed by atoms with Crippen LogP contribution in [0.3, 0.4) is 0 Å². The summed E-state index contributed by atoms with van der Waals surface area (Å²) >= 11 is 13.6. The molecule has 2 aromatic rings. The third kappa shape index (κ3) is 5.62. The van der Waals surface area contributed by atoms with E-state index in [2.05, 4.69) is 25.0 Å². The third-order valence-corrected chi connectivity index (χ3v) is 9.68. The second-order valence-corrected chi connectivity index (χ2v) is 12.4. The summed E-state index contributed by atoms with van der Waals surface area (Å²) in [6, 6.07) is 3.77. The van der Waals surface area contributed by atoms with Crippen molar-refractivity contribution < 1.29 is 23.5 Å². The smallest absolute Gasteiger partial charge is 0.338 e. The van der Waals surface area contributed by atoms with Crippen LogP contribution >= 0.6 is 35.2 Å². The van der Waals surface area contributed by atoms with Gasteiger partial charge in [-0.2, -0.15) is 0 Å². The Labute approximate surface area is 257 Å². The van der Waals surface area contributed by atoms with E-state index in [4.69, 9.17) is 38.3 Å². The first-order valence-electron chi connectivity index (χ1n) is 13.8. The summed E-state index contributed by atoms with van der Waals surface area (Å²) in [7, 11) is 0. The number of fused-ring (bicyclic) bond motifs is 1. The molecule has 1 saturated carbocycles. The van der Waals surface area contributed by atoms with Gasteiger partial charge in [0.05, 0.1) is 29.8 Å². The number of halogens is 2. The van der Waals surface area contributed by atoms with Gasteiger partial charge in [0.15, 0.2) is 16.0 Å². The van der Waals surface area contributed by atoms with Gasteiger partial charge in [-0.25, -0.2) is 14.2 Å². The van der Waals surface area contributed by atoms with Crippen LogP contribution in [0.25, 0.3) is 0 Å². The number of hydrogen-bond acceptors (Lipinski definition) is 10. The minimum absolute atomic E-state index is 0.0899. The van der Waals surface area contributed by atoms with Crippen LogP contribution in [-0.2, 0) is 19.1 Å². The number of benzene rings is 1. The molecule has 0 radical (unpaired) electrons. The third-order valence-electron chi connectivity index (χ3n) is 8.01. The Morgan fingerprint density at radius 1 is 1.33 bits per heavy atom. The van der Waals surface area contributed by atoms with Crippen molar-refractivity contribution in [1.29, 1.82) is 0 Å². The van der Waals surface area contributed by atoms with E-state index in [-0.39, 0.29) is 23.2 Å². The van der Waals surface area contributed by atoms with Crippen LogP contribution in [0.1, 0.15) is 36.4 Å². The number of nitrogens with zero attached hydrogens (tertiary/aromatic N) is 5. The number of ether oxygens (including phenoxy) is 2. The van der Waals surface area contributed by atoms with E-state index >= 15 is 0 Å². The molecule has 0 bridgehead atoms. The van der Waals surface area contributed by atoms with Crippen LogP contribution in [0.5, 0.6) is 0 Å². The number of carbonyl (C=O) groups is 2. The second-order valence-electron chi connectivity index (χ2n) is 10.7. The molecule has 1 aromatic carbocycles. The van der Waals surface area contributed by atoms with E-state index in [9.17, 15) is 14.0 Å². The Morgan fingerprint density at radius 3 is 2.88 bits per heavy atom. The van der Waals surface area contributed by atoms with Gasteiger partial charge in [-0.15, -0.1) is 11.3 Å². The molecular formula is C28H30ClFN6O4S2. The summed E-state index contributed by atoms with van der Waals surface area (Å²) in [6.07, 6.45) is 3.37. The van der Waals surface area contributed by atoms with Crippen molar-refractivity contribution in [3.8, 4) is 0 Å². The van der Waals surface area contributed by atoms with Crippen LogP contribution in [0.4, 0.5) is 4.39 Å². The largest absolute Gasteiger partial charge is 0.463 e. The van der Waals surface area contributed by atoms with Crippen molar-refractivity contribution in [3.63, 3.8) is 0 Å². The number of thiazole rings is 1. The number of esters is 1. The predicted molar refractivity (Wildman–Crippen MR) is 160 cm³/mol. The summed E-state index contributed by atoms with van der Waals surface area (Å²) in [6.45, 7) is 6.29. The van der Waals surface area contributed by atoms with Gasteiger partial charge in [0.1, 0.15) is 17.5 Å². The first-order chi connectivity index (χ1) is 20.3. The highest BCUT2D eigenvalue weighted by Gasteiger charge is 2.50. The topological polar surface area (TPSA) is 99.6 Å². The first kappa shape index (κ1) is 29.0. The molecule has 3 fully saturated rings. The first-order valence-corrected chi connectivity index (χ1v) is 15.5. The van der Waals surface area contributed by atoms with Crippen molar-refractivity contribution in [2.75, 3.05) is 45.9 Å². The number of aliphatic imine (C=N–C) groups is 1. The Morgan fingerprint density at radius 2 is 2.17 bits per heavy atom. The zero-order valence-electron chi connectivity index (χ0n) is 22.9. The van der Waals surface area contributed by atoms with E-state index in [1.54, 1.807) is 25.3 Å². The van der Waals surface area contributed by atoms with Crippen molar-refractivity contribution >= 4 is 58.5 Å². The van der Waals surface area contributed by atoms with Crippen LogP contribution < -0.4 is 5.32 Å². The Kier molecular flexibility index (Phi) is 8.18. The van der Waals surface area contributed by atoms with Gasteiger partial charge in [-0.3, -0.25) is 14.7 Å². The number of aromatic nitrogens is 1. The quantitative estimate of drug-likeness (QED) is 0.239. The van der Waals surface area contributed by atoms with E-state index in [0.717, 1.165) is 31.0 Å². The normalized spacial score (nSPS) is 23.3. The molecule has 222 valence electrons. The fourth-order valence-corrected chi connectivity index (χ4v) is 7.02. The van der Waals surface area contributed by atoms with Crippen molar-refractivity contribution in [3.05, 3.63) is 62.5 Å². The van der Waals surface area contributed by atoms with Gasteiger partial charge >= 0.3 is 5.97 Å². The van der Waals surface area contributed by atoms with E-state index < -0.39 is 23.4 Å². The van der Waals surface area contributed by atoms with Crippen LogP contribution in [0.15, 0.2) is 46.0 Å². The highest BCUT2D eigenvalue weighted by Crippen LogP contribution is 2.41. The van der Waals surface area contributed by atoms with E-state index in [0.29, 0.717) is 54.8 Å². The lowest BCUT2D eigenvalue weighted by atomic mass is 9.95. The summed E-state index contributed by atoms with van der Waals surface area (Å²) in [5.41, 5.74) is 0.851. The average molecular weight is 633 g/mol. The standard InChI is InChI=1S/C28H30ClFN6O4S2/c1-2-39-26(38)21-20(32-24(25-31-8-11-42-25)33-23(21)18-4-3-5-19(30)22(18)29)14-34-9-10-36-17(12-34)13-35(27(36)41)15-28(6-7-28)40-16-37/h3-5,8,11,16-17,23H,2,6-7,9-10,12-15H2,1H3,(H,32,33)/t17-,23-/m0/s1. The lowest BCUT2D eigenvalue weighted by Gasteiger charge is -2.38. The molecule has 4 heterocycles. The molecule has 42 heavy (non-hydrogen) atoms. The molecule has 1 N–H and O–H groups in total. The molecule has 6 rings (SSSR count). The van der Waals surface area contributed by atoms with Gasteiger partial charge in [0.2, 0.25) is 0 Å². The molecule has 3 aliphatic heterocycles. The summed E-state index contributed by atoms with van der Waals surface area (Å²) in [5, 5.41) is 6.53. The number of hydrogen-bond donors (Lipinski definition) is 1. The summed E-state index contributed by atoms with van der Waals surface area (Å²) in [5.74, 6) is -0.646. The fraction of sp³-hybridized carbons (Fsp3) is 0.464. The number of nitrogens with one attached hydrogen (secondary N) is 1. The average Bonchev–Trinajstić information content (AvgIpc) is 3.36. The van der Waals surface area contributed by atoms with E-state index in [1.807, 2.05) is 5.38 Å². The van der Waals surface area contributed by atoms with E-state index in [1.165, 1.54) is 17.4 Å². The number of piperazine rings is 1. The maximum Gasteiger partial charge on any atom is 0.338 e. The molecular weight excluding hydrogens is 603 g/mol. The molecule has 1 aliphatic carbocycles. The zero-order valence-corrected chi connectivity index (χ0v) is 25.3. The Hall–Kier alpha value is -3.13. The van der Waals surface area contributed by atoms with Gasteiger partial charge < -0.3 is 24.6 Å². The highest BCUT2D eigenvalue weighted by atomic mass is 35.5. The van der Waals surface area contributed by atoms with Crippen molar-refractivity contribution in [2.45, 2.75) is 37.5 Å². The van der Waals surface area contributed by atoms with Gasteiger partial charge in [0.25, 0.3) is 6.47 Å². The molecule has 4 aliphatic rings. The summed E-state index contributed by atoms with van der Waals surface area (Å²) in [4.78, 5) is 40.3. The molecule has 0 amide bonds. The van der Waals surface area contributed by atoms with Crippen LogP contribution in [0.2, 0.25) is 5.02 Å². The van der Waals surface area contributed by atoms with Crippen LogP contribution in [-0.4, -0.2) is 101 Å². The molecule has 0 spiro atoms. The molecule has 2 saturated heterocycles. The number of amidine groups is 1. The molecule has 1 aromatic heterocycles. The predicted octanol–water partition coefficient (Wildman–Crippen LogP) is 3.14. The van der Waals surface area contributed by atoms with Crippen LogP contribution in [0, 0.1) is 5.82 Å². The maximum absolute atomic E-state index is 14.6. The maximum atomic E-state index is 14.6. The SMILES string of the molecule is CCOC(=O)C1=C(CN2CCN3C(=S)N(CC4(OC=O)CC4)C[C@@H]3C2)NC(c2nccs2)=N[C@H]1c1cccc(F)c1Cl. The highest BCUT2D eigenvalue weighted by molar-refractivity contribution is 7.80. The lowest BCUT2D eigenvalue weighted by molar-refractivity contribution is -0.139. The minimum atomic E-state index is -0.884. The van der Waals surface area contributed by atoms with Crippen molar-refractivity contribution in [2.24, 2.45) is 4.99 Å². The fourth-order valence-electron chi connectivity index (χ4n) is 5.82. The monoisotopic (exact) mass is 632 g/mol.